The van der Waals surface area contributed by atoms with Gasteiger partial charge in [0.25, 0.3) is 0 Å². The first-order valence-corrected chi connectivity index (χ1v) is 7.99. The second-order valence-electron chi connectivity index (χ2n) is 4.98. The second kappa shape index (κ2) is 7.70. The first kappa shape index (κ1) is 17.8. The smallest absolute Gasteiger partial charge is 0.348 e. The van der Waals surface area contributed by atoms with Gasteiger partial charge >= 0.3 is 7.60 Å². The second-order valence-corrected chi connectivity index (χ2v) is 6.46. The Labute approximate surface area is 120 Å². The molecule has 1 aliphatic rings. The average Bonchev–Trinajstić information content (AvgIpc) is 2.57. The molecule has 0 spiro atoms. The Morgan fingerprint density at radius 2 is 2.10 bits per heavy atom. The van der Waals surface area contributed by atoms with E-state index in [1.807, 2.05) is 19.0 Å². The molecular weight excluding hydrogens is 284 g/mol. The van der Waals surface area contributed by atoms with Crippen LogP contribution in [-0.4, -0.2) is 79.2 Å². The van der Waals surface area contributed by atoms with Crippen molar-refractivity contribution in [3.05, 3.63) is 11.9 Å². The molecule has 9 heteroatoms. The minimum absolute atomic E-state index is 0.423. The third-order valence-electron chi connectivity index (χ3n) is 2.84. The molecule has 4 atom stereocenters. The fourth-order valence-electron chi connectivity index (χ4n) is 1.87. The van der Waals surface area contributed by atoms with Crippen LogP contribution in [0.25, 0.3) is 0 Å². The van der Waals surface area contributed by atoms with E-state index in [0.29, 0.717) is 12.4 Å². The van der Waals surface area contributed by atoms with Crippen LogP contribution >= 0.6 is 7.60 Å². The number of ether oxygens (including phenoxy) is 2. The van der Waals surface area contributed by atoms with Gasteiger partial charge in [0.15, 0.2) is 0 Å². The highest BCUT2D eigenvalue weighted by molar-refractivity contribution is 7.55. The van der Waals surface area contributed by atoms with E-state index in [1.54, 1.807) is 0 Å². The maximum atomic E-state index is 10.7. The Bertz CT molecular complexity index is 374. The molecule has 20 heavy (non-hydrogen) atoms. The highest BCUT2D eigenvalue weighted by atomic mass is 31.2. The predicted octanol–water partition coefficient (Wildman–Crippen LogP) is -0.731. The van der Waals surface area contributed by atoms with E-state index in [-0.39, 0.29) is 0 Å². The topological polar surface area (TPSA) is 99.5 Å². The average molecular weight is 305 g/mol. The number of rotatable bonds is 7. The Morgan fingerprint density at radius 1 is 1.45 bits per heavy atom. The van der Waals surface area contributed by atoms with Crippen LogP contribution in [0.5, 0.6) is 0 Å². The van der Waals surface area contributed by atoms with E-state index in [4.69, 9.17) is 27.1 Å². The van der Waals surface area contributed by atoms with Gasteiger partial charge in [0.1, 0.15) is 26.2 Å². The van der Waals surface area contributed by atoms with Crippen molar-refractivity contribution >= 4 is 15.4 Å². The highest BCUT2D eigenvalue weighted by Gasteiger charge is 2.40. The zero-order valence-electron chi connectivity index (χ0n) is 11.6. The van der Waals surface area contributed by atoms with Gasteiger partial charge < -0.3 is 29.3 Å². The summed E-state index contributed by atoms with van der Waals surface area (Å²) in [7, 11) is 5.31. The Balaban J connectivity index is 2.46. The summed E-state index contributed by atoms with van der Waals surface area (Å²) in [5.74, 6) is 0.696. The third kappa shape index (κ3) is 6.05. The maximum Gasteiger partial charge on any atom is 0.348 e. The van der Waals surface area contributed by atoms with Crippen molar-refractivity contribution in [2.24, 2.45) is 0 Å². The molecule has 0 aromatic rings. The number of aliphatic hydroxyl groups excluding tert-OH is 1. The largest absolute Gasteiger partial charge is 0.387 e. The molecule has 1 saturated heterocycles. The predicted molar refractivity (Wildman–Crippen MR) is 74.5 cm³/mol. The van der Waals surface area contributed by atoms with Crippen LogP contribution in [0.1, 0.15) is 6.42 Å². The van der Waals surface area contributed by atoms with Gasteiger partial charge in [0, 0.05) is 18.4 Å². The van der Waals surface area contributed by atoms with Gasteiger partial charge in [-0.25, -0.2) is 0 Å². The lowest BCUT2D eigenvalue weighted by molar-refractivity contribution is -0.0214. The summed E-state index contributed by atoms with van der Waals surface area (Å²) in [6.07, 6.45) is -0.729. The minimum Gasteiger partial charge on any atom is -0.387 e. The van der Waals surface area contributed by atoms with Gasteiger partial charge in [-0.3, -0.25) is 4.57 Å². The fraction of sp³-hybridized carbons (Fsp3) is 0.818. The molecule has 3 N–H and O–H groups in total. The number of hydrogen-bond acceptors (Lipinski definition) is 5. The van der Waals surface area contributed by atoms with E-state index in [1.165, 1.54) is 0 Å². The van der Waals surface area contributed by atoms with Crippen molar-refractivity contribution in [2.45, 2.75) is 30.7 Å². The van der Waals surface area contributed by atoms with Crippen LogP contribution in [-0.2, 0) is 14.0 Å². The van der Waals surface area contributed by atoms with E-state index in [0.717, 1.165) is 19.0 Å². The van der Waals surface area contributed by atoms with Crippen molar-refractivity contribution in [1.82, 2.24) is 4.90 Å². The minimum atomic E-state index is -4.28. The van der Waals surface area contributed by atoms with E-state index < -0.39 is 31.9 Å². The van der Waals surface area contributed by atoms with Crippen LogP contribution in [0.4, 0.5) is 0 Å². The molecule has 7 nitrogen and oxygen atoms in total. The quantitative estimate of drug-likeness (QED) is 0.324. The van der Waals surface area contributed by atoms with Crippen molar-refractivity contribution in [3.63, 3.8) is 0 Å². The van der Waals surface area contributed by atoms with Crippen LogP contribution in [0.15, 0.2) is 11.9 Å². The van der Waals surface area contributed by atoms with Gasteiger partial charge in [0.05, 0.1) is 0 Å². The Hall–Kier alpha value is -0.205. The molecule has 114 valence electrons. The maximum absolute atomic E-state index is 10.7. The van der Waals surface area contributed by atoms with Crippen LogP contribution < -0.4 is 0 Å². The standard InChI is InChI=1S/C11H21BNO6P/c1-13(2)5-3-6-18-10-9(14)8(19-11(10)12)4-7-20(15,16)17/h4,7-11,14H,3,5-6H2,1-2H3,(H2,15,16,17)/b7-4+/t8-,9+,10?,11-/m1/s1. The lowest BCUT2D eigenvalue weighted by Gasteiger charge is -2.19. The summed E-state index contributed by atoms with van der Waals surface area (Å²) in [6.45, 7) is 1.27. The van der Waals surface area contributed by atoms with Crippen LogP contribution in [0, 0.1) is 0 Å². The summed E-state index contributed by atoms with van der Waals surface area (Å²) in [4.78, 5) is 19.5. The molecule has 0 bridgehead atoms. The number of nitrogens with zero attached hydrogens (tertiary/aromatic N) is 1. The molecule has 1 unspecified atom stereocenters. The summed E-state index contributed by atoms with van der Waals surface area (Å²) < 4.78 is 21.4. The van der Waals surface area contributed by atoms with Gasteiger partial charge in [-0.05, 0) is 33.1 Å². The lowest BCUT2D eigenvalue weighted by atomic mass is 9.93. The summed E-state index contributed by atoms with van der Waals surface area (Å²) in [6, 6.07) is -0.823. The third-order valence-corrected chi connectivity index (χ3v) is 3.40. The Kier molecular flexibility index (Phi) is 6.87. The molecule has 0 aliphatic carbocycles. The molecule has 1 heterocycles. The van der Waals surface area contributed by atoms with Crippen molar-refractivity contribution in [1.29, 1.82) is 0 Å². The van der Waals surface area contributed by atoms with E-state index >= 15 is 0 Å². The number of hydrogen-bond donors (Lipinski definition) is 3. The molecule has 1 fully saturated rings. The van der Waals surface area contributed by atoms with Gasteiger partial charge in [-0.15, -0.1) is 0 Å². The lowest BCUT2D eigenvalue weighted by Crippen LogP contribution is -2.35. The Morgan fingerprint density at radius 3 is 2.65 bits per heavy atom. The number of aliphatic hydroxyl groups is 1. The van der Waals surface area contributed by atoms with Gasteiger partial charge in [-0.2, -0.15) is 0 Å². The van der Waals surface area contributed by atoms with Crippen molar-refractivity contribution < 1.29 is 28.9 Å². The van der Waals surface area contributed by atoms with Gasteiger partial charge in [-0.1, -0.05) is 0 Å². The zero-order valence-corrected chi connectivity index (χ0v) is 12.5. The van der Waals surface area contributed by atoms with E-state index in [2.05, 4.69) is 0 Å². The first-order valence-electron chi connectivity index (χ1n) is 6.31. The van der Waals surface area contributed by atoms with E-state index in [9.17, 15) is 9.67 Å². The highest BCUT2D eigenvalue weighted by Crippen LogP contribution is 2.37. The molecule has 0 aromatic heterocycles. The molecule has 2 radical (unpaired) electrons. The monoisotopic (exact) mass is 305 g/mol. The van der Waals surface area contributed by atoms with Crippen LogP contribution in [0.3, 0.4) is 0 Å². The summed E-state index contributed by atoms with van der Waals surface area (Å²) in [5.41, 5.74) is 0. The molecule has 0 saturated carbocycles. The summed E-state index contributed by atoms with van der Waals surface area (Å²) in [5, 5.41) is 9.98. The zero-order chi connectivity index (χ0) is 15.3. The molecule has 0 aromatic carbocycles. The van der Waals surface area contributed by atoms with Crippen molar-refractivity contribution in [2.75, 3.05) is 27.2 Å². The molecule has 1 aliphatic heterocycles. The van der Waals surface area contributed by atoms with Crippen molar-refractivity contribution in [3.8, 4) is 0 Å². The first-order chi connectivity index (χ1) is 9.20. The van der Waals surface area contributed by atoms with Gasteiger partial charge in [0.2, 0.25) is 0 Å². The molecule has 0 amide bonds. The summed E-state index contributed by atoms with van der Waals surface area (Å²) >= 11 is 0. The van der Waals surface area contributed by atoms with Crippen LogP contribution in [0.2, 0.25) is 0 Å². The SMILES string of the molecule is [B][C@@H]1O[C@H](/C=C/P(=O)(O)O)[C@H](O)C1OCCCN(C)C. The molecule has 1 rings (SSSR count). The fourth-order valence-corrected chi connectivity index (χ4v) is 2.26. The molecular formula is C11H21BNO6P. The normalized spacial score (nSPS) is 31.5.